The molecule has 15 heavy (non-hydrogen) atoms. The highest BCUT2D eigenvalue weighted by Gasteiger charge is 2.06. The van der Waals surface area contributed by atoms with Gasteiger partial charge in [-0.2, -0.15) is 0 Å². The van der Waals surface area contributed by atoms with Crippen molar-refractivity contribution in [2.24, 2.45) is 0 Å². The van der Waals surface area contributed by atoms with Gasteiger partial charge in [-0.3, -0.25) is 0 Å². The molecular weight excluding hydrogens is 190 g/mol. The van der Waals surface area contributed by atoms with Gasteiger partial charge in [0.25, 0.3) is 0 Å². The van der Waals surface area contributed by atoms with Gasteiger partial charge in [-0.1, -0.05) is 24.3 Å². The van der Waals surface area contributed by atoms with Crippen molar-refractivity contribution in [3.8, 4) is 0 Å². The van der Waals surface area contributed by atoms with Gasteiger partial charge in [-0.25, -0.2) is 0 Å². The summed E-state index contributed by atoms with van der Waals surface area (Å²) in [6.45, 7) is 3.48. The van der Waals surface area contributed by atoms with Gasteiger partial charge in [0.05, 0.1) is 19.3 Å². The molecule has 84 valence electrons. The van der Waals surface area contributed by atoms with Crippen LogP contribution in [0.3, 0.4) is 0 Å². The van der Waals surface area contributed by atoms with E-state index in [2.05, 4.69) is 24.4 Å². The molecule has 1 aromatic rings. The van der Waals surface area contributed by atoms with Crippen molar-refractivity contribution < 1.29 is 9.84 Å². The van der Waals surface area contributed by atoms with Crippen LogP contribution in [0.2, 0.25) is 0 Å². The van der Waals surface area contributed by atoms with Crippen molar-refractivity contribution in [2.45, 2.75) is 19.5 Å². The number of aliphatic hydroxyl groups is 1. The Labute approximate surface area is 91.1 Å². The van der Waals surface area contributed by atoms with Crippen molar-refractivity contribution in [1.82, 2.24) is 5.32 Å². The number of rotatable bonds is 6. The maximum atomic E-state index is 9.06. The third-order valence-electron chi connectivity index (χ3n) is 2.43. The normalized spacial score (nSPS) is 12.7. The SMILES string of the molecule is COCC(CO)NCc1ccccc1C. The van der Waals surface area contributed by atoms with Gasteiger partial charge in [-0.05, 0) is 18.1 Å². The Morgan fingerprint density at radius 1 is 1.40 bits per heavy atom. The minimum atomic E-state index is 0.00889. The van der Waals surface area contributed by atoms with Crippen molar-refractivity contribution in [2.75, 3.05) is 20.3 Å². The largest absolute Gasteiger partial charge is 0.395 e. The molecule has 0 heterocycles. The molecule has 3 heteroatoms. The van der Waals surface area contributed by atoms with E-state index in [9.17, 15) is 0 Å². The van der Waals surface area contributed by atoms with E-state index in [0.717, 1.165) is 6.54 Å². The molecule has 0 radical (unpaired) electrons. The maximum absolute atomic E-state index is 9.06. The summed E-state index contributed by atoms with van der Waals surface area (Å²) < 4.78 is 4.99. The standard InChI is InChI=1S/C12H19NO2/c1-10-5-3-4-6-11(10)7-13-12(8-14)9-15-2/h3-6,12-14H,7-9H2,1-2H3. The summed E-state index contributed by atoms with van der Waals surface area (Å²) in [5.41, 5.74) is 2.52. The van der Waals surface area contributed by atoms with E-state index in [1.807, 2.05) is 12.1 Å². The average molecular weight is 209 g/mol. The molecule has 0 amide bonds. The van der Waals surface area contributed by atoms with Gasteiger partial charge >= 0.3 is 0 Å². The molecule has 0 saturated heterocycles. The lowest BCUT2D eigenvalue weighted by Crippen LogP contribution is -2.36. The van der Waals surface area contributed by atoms with Crippen LogP contribution in [0.5, 0.6) is 0 Å². The molecule has 3 nitrogen and oxygen atoms in total. The fourth-order valence-electron chi connectivity index (χ4n) is 1.44. The molecule has 1 aromatic carbocycles. The number of methoxy groups -OCH3 is 1. The minimum Gasteiger partial charge on any atom is -0.395 e. The highest BCUT2D eigenvalue weighted by atomic mass is 16.5. The van der Waals surface area contributed by atoms with Crippen LogP contribution in [0.15, 0.2) is 24.3 Å². The molecule has 0 saturated carbocycles. The number of aliphatic hydroxyl groups excluding tert-OH is 1. The molecule has 0 aliphatic rings. The Morgan fingerprint density at radius 2 is 2.13 bits per heavy atom. The van der Waals surface area contributed by atoms with Crippen LogP contribution >= 0.6 is 0 Å². The zero-order chi connectivity index (χ0) is 11.1. The molecule has 0 aromatic heterocycles. The zero-order valence-electron chi connectivity index (χ0n) is 9.36. The Hall–Kier alpha value is -0.900. The summed E-state index contributed by atoms with van der Waals surface area (Å²) in [4.78, 5) is 0. The summed E-state index contributed by atoms with van der Waals surface area (Å²) in [5.74, 6) is 0. The van der Waals surface area contributed by atoms with Crippen LogP contribution in [-0.4, -0.2) is 31.5 Å². The summed E-state index contributed by atoms with van der Waals surface area (Å²) in [6.07, 6.45) is 0. The summed E-state index contributed by atoms with van der Waals surface area (Å²) >= 11 is 0. The number of benzene rings is 1. The maximum Gasteiger partial charge on any atom is 0.0638 e. The van der Waals surface area contributed by atoms with Crippen LogP contribution in [0, 0.1) is 6.92 Å². The molecule has 1 atom stereocenters. The second kappa shape index (κ2) is 6.56. The van der Waals surface area contributed by atoms with Crippen LogP contribution < -0.4 is 5.32 Å². The highest BCUT2D eigenvalue weighted by molar-refractivity contribution is 5.25. The zero-order valence-corrected chi connectivity index (χ0v) is 9.36. The smallest absolute Gasteiger partial charge is 0.0638 e. The Morgan fingerprint density at radius 3 is 2.73 bits per heavy atom. The highest BCUT2D eigenvalue weighted by Crippen LogP contribution is 2.06. The lowest BCUT2D eigenvalue weighted by molar-refractivity contribution is 0.128. The Bertz CT molecular complexity index is 289. The van der Waals surface area contributed by atoms with E-state index in [1.54, 1.807) is 7.11 Å². The third-order valence-corrected chi connectivity index (χ3v) is 2.43. The van der Waals surface area contributed by atoms with Crippen molar-refractivity contribution in [3.63, 3.8) is 0 Å². The van der Waals surface area contributed by atoms with E-state index in [4.69, 9.17) is 9.84 Å². The van der Waals surface area contributed by atoms with E-state index in [1.165, 1.54) is 11.1 Å². The minimum absolute atomic E-state index is 0.00889. The number of hydrogen-bond donors (Lipinski definition) is 2. The summed E-state index contributed by atoms with van der Waals surface area (Å²) in [6, 6.07) is 8.23. The molecule has 0 aliphatic carbocycles. The molecule has 2 N–H and O–H groups in total. The molecule has 0 bridgehead atoms. The second-order valence-corrected chi connectivity index (χ2v) is 3.64. The first-order chi connectivity index (χ1) is 7.27. The molecule has 1 unspecified atom stereocenters. The predicted molar refractivity (Wildman–Crippen MR) is 60.8 cm³/mol. The molecule has 0 aliphatic heterocycles. The van der Waals surface area contributed by atoms with Gasteiger partial charge in [0.1, 0.15) is 0 Å². The van der Waals surface area contributed by atoms with Crippen molar-refractivity contribution in [1.29, 1.82) is 0 Å². The monoisotopic (exact) mass is 209 g/mol. The summed E-state index contributed by atoms with van der Waals surface area (Å²) in [7, 11) is 1.64. The molecule has 0 spiro atoms. The van der Waals surface area contributed by atoms with E-state index < -0.39 is 0 Å². The first-order valence-electron chi connectivity index (χ1n) is 5.15. The van der Waals surface area contributed by atoms with Crippen LogP contribution in [0.4, 0.5) is 0 Å². The van der Waals surface area contributed by atoms with Gasteiger partial charge in [-0.15, -0.1) is 0 Å². The Balaban J connectivity index is 2.45. The fraction of sp³-hybridized carbons (Fsp3) is 0.500. The van der Waals surface area contributed by atoms with Gasteiger partial charge in [0, 0.05) is 13.7 Å². The van der Waals surface area contributed by atoms with E-state index in [0.29, 0.717) is 6.61 Å². The average Bonchev–Trinajstić information content (AvgIpc) is 2.26. The molecular formula is C12H19NO2. The van der Waals surface area contributed by atoms with Gasteiger partial charge in [0.2, 0.25) is 0 Å². The fourth-order valence-corrected chi connectivity index (χ4v) is 1.44. The summed E-state index contributed by atoms with van der Waals surface area (Å²) in [5, 5.41) is 12.3. The van der Waals surface area contributed by atoms with Crippen molar-refractivity contribution >= 4 is 0 Å². The topological polar surface area (TPSA) is 41.5 Å². The van der Waals surface area contributed by atoms with Crippen LogP contribution in [0.25, 0.3) is 0 Å². The second-order valence-electron chi connectivity index (χ2n) is 3.64. The predicted octanol–water partition coefficient (Wildman–Crippen LogP) is 1.09. The first-order valence-corrected chi connectivity index (χ1v) is 5.15. The molecule has 1 rings (SSSR count). The quantitative estimate of drug-likeness (QED) is 0.737. The number of nitrogens with one attached hydrogen (secondary N) is 1. The third kappa shape index (κ3) is 4.00. The molecule has 0 fully saturated rings. The van der Waals surface area contributed by atoms with E-state index >= 15 is 0 Å². The van der Waals surface area contributed by atoms with Gasteiger partial charge < -0.3 is 15.2 Å². The number of ether oxygens (including phenoxy) is 1. The Kier molecular flexibility index (Phi) is 5.32. The lowest BCUT2D eigenvalue weighted by atomic mass is 10.1. The van der Waals surface area contributed by atoms with Crippen LogP contribution in [0.1, 0.15) is 11.1 Å². The first kappa shape index (κ1) is 12.2. The van der Waals surface area contributed by atoms with Crippen molar-refractivity contribution in [3.05, 3.63) is 35.4 Å². The van der Waals surface area contributed by atoms with E-state index in [-0.39, 0.29) is 12.6 Å². The van der Waals surface area contributed by atoms with Gasteiger partial charge in [0.15, 0.2) is 0 Å². The lowest BCUT2D eigenvalue weighted by Gasteiger charge is -2.15. The number of hydrogen-bond acceptors (Lipinski definition) is 3. The van der Waals surface area contributed by atoms with Crippen LogP contribution in [-0.2, 0) is 11.3 Å². The number of aryl methyl sites for hydroxylation is 1.